The maximum atomic E-state index is 12.8. The molecule has 5 rings (SSSR count). The summed E-state index contributed by atoms with van der Waals surface area (Å²) in [6.07, 6.45) is 2.38. The molecule has 7 heteroatoms. The third kappa shape index (κ3) is 3.27. The summed E-state index contributed by atoms with van der Waals surface area (Å²) in [5, 5.41) is 8.62. The second kappa shape index (κ2) is 6.77. The number of benzene rings is 1. The fraction of sp³-hybridized carbons (Fsp3) is 0.304. The third-order valence-electron chi connectivity index (χ3n) is 5.32. The number of hydrogen-bond acceptors (Lipinski definition) is 6. The molecule has 1 aliphatic rings. The maximum Gasteiger partial charge on any atom is 0.291 e. The van der Waals surface area contributed by atoms with E-state index >= 15 is 0 Å². The quantitative estimate of drug-likeness (QED) is 0.411. The third-order valence-corrected chi connectivity index (χ3v) is 7.85. The Kier molecular flexibility index (Phi) is 4.39. The number of para-hydroxylation sites is 1. The number of carbonyl (C=O) groups is 1. The van der Waals surface area contributed by atoms with Gasteiger partial charge < -0.3 is 15.1 Å². The first-order valence-electron chi connectivity index (χ1n) is 9.90. The van der Waals surface area contributed by atoms with Crippen LogP contribution in [0.15, 0.2) is 47.1 Å². The van der Waals surface area contributed by atoms with Crippen LogP contribution in [0.3, 0.4) is 0 Å². The van der Waals surface area contributed by atoms with E-state index in [0.29, 0.717) is 5.76 Å². The number of nitrogens with zero attached hydrogens (tertiary/aromatic N) is 1. The Balaban J connectivity index is 1.70. The Morgan fingerprint density at radius 1 is 1.13 bits per heavy atom. The van der Waals surface area contributed by atoms with Gasteiger partial charge in [-0.05, 0) is 63.9 Å². The molecule has 1 amide bonds. The Morgan fingerprint density at radius 2 is 1.93 bits per heavy atom. The minimum absolute atomic E-state index is 0.0642. The first-order chi connectivity index (χ1) is 14.2. The number of thiazole rings is 1. The predicted octanol–water partition coefficient (Wildman–Crippen LogP) is 6.03. The molecule has 0 spiro atoms. The van der Waals surface area contributed by atoms with Gasteiger partial charge in [0.1, 0.15) is 10.0 Å². The van der Waals surface area contributed by atoms with Gasteiger partial charge >= 0.3 is 0 Å². The Labute approximate surface area is 183 Å². The number of rotatable bonds is 3. The normalized spacial score (nSPS) is 17.1. The highest BCUT2D eigenvalue weighted by molar-refractivity contribution is 7.23. The molecule has 0 radical (unpaired) electrons. The molecular formula is C23H23N3O2S2. The van der Waals surface area contributed by atoms with Crippen LogP contribution in [-0.2, 0) is 12.0 Å². The molecule has 0 unspecified atom stereocenters. The maximum absolute atomic E-state index is 12.8. The van der Waals surface area contributed by atoms with E-state index in [0.717, 1.165) is 32.2 Å². The van der Waals surface area contributed by atoms with Crippen molar-refractivity contribution in [2.24, 2.45) is 0 Å². The van der Waals surface area contributed by atoms with Gasteiger partial charge in [0.25, 0.3) is 5.91 Å². The van der Waals surface area contributed by atoms with E-state index in [-0.39, 0.29) is 17.0 Å². The van der Waals surface area contributed by atoms with Crippen LogP contribution in [0.1, 0.15) is 48.7 Å². The molecular weight excluding hydrogens is 414 g/mol. The molecule has 4 aromatic rings. The molecule has 30 heavy (non-hydrogen) atoms. The first-order valence-corrected chi connectivity index (χ1v) is 11.5. The monoisotopic (exact) mass is 437 g/mol. The average Bonchev–Trinajstić information content (AvgIpc) is 3.37. The smallest absolute Gasteiger partial charge is 0.291 e. The summed E-state index contributed by atoms with van der Waals surface area (Å²) in [4.78, 5) is 19.0. The minimum atomic E-state index is -0.244. The van der Waals surface area contributed by atoms with Crippen molar-refractivity contribution in [1.29, 1.82) is 0 Å². The minimum Gasteiger partial charge on any atom is -0.459 e. The van der Waals surface area contributed by atoms with E-state index in [1.165, 1.54) is 16.7 Å². The van der Waals surface area contributed by atoms with Gasteiger partial charge in [0, 0.05) is 21.5 Å². The van der Waals surface area contributed by atoms with Crippen LogP contribution in [0, 0.1) is 0 Å². The van der Waals surface area contributed by atoms with Crippen molar-refractivity contribution in [3.8, 4) is 10.6 Å². The van der Waals surface area contributed by atoms with E-state index in [9.17, 15) is 4.79 Å². The topological polar surface area (TPSA) is 67.2 Å². The molecule has 0 aliphatic carbocycles. The molecule has 0 fully saturated rings. The van der Waals surface area contributed by atoms with Gasteiger partial charge in [-0.2, -0.15) is 0 Å². The summed E-state index contributed by atoms with van der Waals surface area (Å²) in [6.45, 7) is 8.84. The fourth-order valence-corrected chi connectivity index (χ4v) is 6.78. The molecule has 0 bridgehead atoms. The van der Waals surface area contributed by atoms with E-state index in [1.807, 2.05) is 18.2 Å². The Morgan fingerprint density at radius 3 is 2.67 bits per heavy atom. The summed E-state index contributed by atoms with van der Waals surface area (Å²) >= 11 is 3.30. The predicted molar refractivity (Wildman–Crippen MR) is 124 cm³/mol. The zero-order valence-corrected chi connectivity index (χ0v) is 19.0. The van der Waals surface area contributed by atoms with Gasteiger partial charge in [-0.1, -0.05) is 12.1 Å². The SMILES string of the molecule is CC1(C)Cc2c(sc(NC(=O)c3ccco3)c2-c2nc3ccccc3s2)C(C)(C)N1. The van der Waals surface area contributed by atoms with E-state index in [4.69, 9.17) is 9.40 Å². The van der Waals surface area contributed by atoms with E-state index in [2.05, 4.69) is 44.4 Å². The molecule has 3 aromatic heterocycles. The number of amides is 1. The number of anilines is 1. The highest BCUT2D eigenvalue weighted by Crippen LogP contribution is 2.50. The average molecular weight is 438 g/mol. The number of fused-ring (bicyclic) bond motifs is 2. The van der Waals surface area contributed by atoms with Gasteiger partial charge in [0.2, 0.25) is 0 Å². The van der Waals surface area contributed by atoms with Crippen LogP contribution >= 0.6 is 22.7 Å². The molecule has 0 saturated carbocycles. The van der Waals surface area contributed by atoms with Crippen LogP contribution < -0.4 is 10.6 Å². The van der Waals surface area contributed by atoms with Crippen LogP contribution in [0.4, 0.5) is 5.00 Å². The second-order valence-corrected chi connectivity index (χ2v) is 10.9. The van der Waals surface area contributed by atoms with Crippen molar-refractivity contribution in [1.82, 2.24) is 10.3 Å². The molecule has 0 saturated heterocycles. The van der Waals surface area contributed by atoms with Gasteiger partial charge in [0.05, 0.1) is 16.5 Å². The summed E-state index contributed by atoms with van der Waals surface area (Å²) in [5.74, 6) is 0.0559. The second-order valence-electron chi connectivity index (χ2n) is 8.84. The standard InChI is InChI=1S/C23H23N3O2S2/c1-22(2)12-13-17(20-24-14-8-5-6-10-16(14)29-20)21(30-18(13)23(3,4)26-22)25-19(27)15-9-7-11-28-15/h5-11,26H,12H2,1-4H3,(H,25,27). The summed E-state index contributed by atoms with van der Waals surface area (Å²) in [6, 6.07) is 11.6. The molecule has 1 aliphatic heterocycles. The van der Waals surface area contributed by atoms with Crippen molar-refractivity contribution in [2.45, 2.75) is 45.2 Å². The van der Waals surface area contributed by atoms with Crippen molar-refractivity contribution < 1.29 is 9.21 Å². The molecule has 5 nitrogen and oxygen atoms in total. The van der Waals surface area contributed by atoms with Crippen molar-refractivity contribution in [3.05, 3.63) is 58.9 Å². The Bertz CT molecular complexity index is 1220. The number of hydrogen-bond donors (Lipinski definition) is 2. The fourth-order valence-electron chi connectivity index (χ4n) is 4.39. The highest BCUT2D eigenvalue weighted by Gasteiger charge is 2.41. The van der Waals surface area contributed by atoms with Gasteiger partial charge in [0.15, 0.2) is 5.76 Å². The molecule has 4 heterocycles. The lowest BCUT2D eigenvalue weighted by Gasteiger charge is -2.42. The number of thiophene rings is 1. The van der Waals surface area contributed by atoms with Crippen molar-refractivity contribution in [3.63, 3.8) is 0 Å². The zero-order chi connectivity index (χ0) is 21.1. The van der Waals surface area contributed by atoms with Crippen LogP contribution in [-0.4, -0.2) is 16.4 Å². The number of furan rings is 1. The number of carbonyl (C=O) groups excluding carboxylic acids is 1. The van der Waals surface area contributed by atoms with Crippen LogP contribution in [0.2, 0.25) is 0 Å². The van der Waals surface area contributed by atoms with Gasteiger partial charge in [-0.3, -0.25) is 4.79 Å². The highest BCUT2D eigenvalue weighted by atomic mass is 32.1. The summed E-state index contributed by atoms with van der Waals surface area (Å²) in [5.41, 5.74) is 3.01. The molecule has 0 atom stereocenters. The molecule has 1 aromatic carbocycles. The lowest BCUT2D eigenvalue weighted by molar-refractivity contribution is 0.0997. The zero-order valence-electron chi connectivity index (χ0n) is 17.3. The van der Waals surface area contributed by atoms with Crippen LogP contribution in [0.5, 0.6) is 0 Å². The molecule has 154 valence electrons. The summed E-state index contributed by atoms with van der Waals surface area (Å²) in [7, 11) is 0. The van der Waals surface area contributed by atoms with Crippen molar-refractivity contribution >= 4 is 43.8 Å². The lowest BCUT2D eigenvalue weighted by Crippen LogP contribution is -2.54. The largest absolute Gasteiger partial charge is 0.459 e. The van der Waals surface area contributed by atoms with Crippen molar-refractivity contribution in [2.75, 3.05) is 5.32 Å². The molecule has 2 N–H and O–H groups in total. The number of aromatic nitrogens is 1. The van der Waals surface area contributed by atoms with E-state index in [1.54, 1.807) is 34.8 Å². The Hall–Kier alpha value is -2.48. The van der Waals surface area contributed by atoms with Crippen LogP contribution in [0.25, 0.3) is 20.8 Å². The summed E-state index contributed by atoms with van der Waals surface area (Å²) < 4.78 is 6.45. The number of nitrogens with one attached hydrogen (secondary N) is 2. The van der Waals surface area contributed by atoms with Gasteiger partial charge in [-0.15, -0.1) is 22.7 Å². The first kappa shape index (κ1) is 19.5. The van der Waals surface area contributed by atoms with E-state index < -0.39 is 0 Å². The lowest BCUT2D eigenvalue weighted by atomic mass is 9.81. The van der Waals surface area contributed by atoms with Gasteiger partial charge in [-0.25, -0.2) is 4.98 Å².